The van der Waals surface area contributed by atoms with Gasteiger partial charge in [0.1, 0.15) is 0 Å². The van der Waals surface area contributed by atoms with Gasteiger partial charge in [-0.15, -0.1) is 0 Å². The molecule has 0 aliphatic heterocycles. The van der Waals surface area contributed by atoms with Crippen molar-refractivity contribution in [2.75, 3.05) is 6.61 Å². The van der Waals surface area contributed by atoms with E-state index < -0.39 is 12.1 Å². The Kier molecular flexibility index (Phi) is 2.90. The molecule has 4 nitrogen and oxygen atoms in total. The van der Waals surface area contributed by atoms with E-state index in [1.807, 2.05) is 18.2 Å². The first-order valence-corrected chi connectivity index (χ1v) is 5.27. The van der Waals surface area contributed by atoms with Gasteiger partial charge in [0.2, 0.25) is 0 Å². The lowest BCUT2D eigenvalue weighted by molar-refractivity contribution is 0.0940. The molecule has 0 radical (unpaired) electrons. The summed E-state index contributed by atoms with van der Waals surface area (Å²) in [6.07, 6.45) is 0.0158. The lowest BCUT2D eigenvalue weighted by Gasteiger charge is -2.10. The number of Topliss-reactive ketones (excluding diaryl/α,β-unsaturated/α-hetero) is 1. The quantitative estimate of drug-likeness (QED) is 0.820. The van der Waals surface area contributed by atoms with Crippen LogP contribution in [0, 0.1) is 0 Å². The summed E-state index contributed by atoms with van der Waals surface area (Å²) in [5.41, 5.74) is 1.68. The minimum atomic E-state index is -0.534. The van der Waals surface area contributed by atoms with Gasteiger partial charge in [-0.2, -0.15) is 0 Å². The highest BCUT2D eigenvalue weighted by Gasteiger charge is 2.31. The van der Waals surface area contributed by atoms with Gasteiger partial charge in [-0.25, -0.2) is 4.79 Å². The first-order valence-electron chi connectivity index (χ1n) is 5.27. The van der Waals surface area contributed by atoms with E-state index in [1.165, 1.54) is 0 Å². The number of alkyl carbamates (subject to hydrolysis) is 1. The van der Waals surface area contributed by atoms with E-state index in [1.54, 1.807) is 13.0 Å². The third kappa shape index (κ3) is 1.91. The number of rotatable bonds is 2. The van der Waals surface area contributed by atoms with E-state index in [0.717, 1.165) is 5.56 Å². The third-order valence-corrected chi connectivity index (χ3v) is 2.59. The number of ketones is 1. The van der Waals surface area contributed by atoms with Crippen LogP contribution in [0.5, 0.6) is 0 Å². The summed E-state index contributed by atoms with van der Waals surface area (Å²) in [5, 5.41) is 2.57. The van der Waals surface area contributed by atoms with E-state index >= 15 is 0 Å². The first kappa shape index (κ1) is 10.7. The Balaban J connectivity index is 2.07. The number of benzene rings is 1. The second-order valence-corrected chi connectivity index (χ2v) is 3.64. The molecule has 1 aliphatic carbocycles. The Labute approximate surface area is 93.6 Å². The molecule has 0 fully saturated rings. The number of hydrogen-bond donors (Lipinski definition) is 1. The molecular weight excluding hydrogens is 206 g/mol. The summed E-state index contributed by atoms with van der Waals surface area (Å²) in [5.74, 6) is -0.0383. The summed E-state index contributed by atoms with van der Waals surface area (Å²) < 4.78 is 4.75. The zero-order valence-electron chi connectivity index (χ0n) is 9.03. The van der Waals surface area contributed by atoms with Crippen LogP contribution in [0.3, 0.4) is 0 Å². The zero-order chi connectivity index (χ0) is 11.5. The Morgan fingerprint density at radius 2 is 2.25 bits per heavy atom. The largest absolute Gasteiger partial charge is 0.450 e. The molecule has 0 unspecified atom stereocenters. The fourth-order valence-electron chi connectivity index (χ4n) is 1.87. The number of carbonyl (C=O) groups excluding carboxylic acids is 2. The van der Waals surface area contributed by atoms with Gasteiger partial charge in [0.15, 0.2) is 5.78 Å². The van der Waals surface area contributed by atoms with Crippen molar-refractivity contribution >= 4 is 11.9 Å². The van der Waals surface area contributed by atoms with Gasteiger partial charge in [0.05, 0.1) is 12.6 Å². The molecule has 2 rings (SSSR count). The number of nitrogens with one attached hydrogen (secondary N) is 1. The smallest absolute Gasteiger partial charge is 0.407 e. The lowest BCUT2D eigenvalue weighted by Crippen LogP contribution is -2.39. The molecule has 0 aromatic heterocycles. The topological polar surface area (TPSA) is 55.4 Å². The lowest BCUT2D eigenvalue weighted by atomic mass is 10.1. The second kappa shape index (κ2) is 4.35. The molecule has 0 saturated heterocycles. The monoisotopic (exact) mass is 219 g/mol. The summed E-state index contributed by atoms with van der Waals surface area (Å²) in [6.45, 7) is 2.03. The Bertz CT molecular complexity index is 428. The number of carbonyl (C=O) groups is 2. The van der Waals surface area contributed by atoms with E-state index in [9.17, 15) is 9.59 Å². The average Bonchev–Trinajstić information content (AvgIpc) is 2.57. The van der Waals surface area contributed by atoms with Crippen molar-refractivity contribution in [3.8, 4) is 0 Å². The SMILES string of the molecule is CCOC(=O)N[C@H]1Cc2ccccc2C1=O. The molecule has 1 aliphatic rings. The zero-order valence-corrected chi connectivity index (χ0v) is 9.03. The fraction of sp³-hybridized carbons (Fsp3) is 0.333. The molecule has 0 spiro atoms. The maximum atomic E-state index is 11.9. The van der Waals surface area contributed by atoms with Crippen LogP contribution in [0.1, 0.15) is 22.8 Å². The number of amides is 1. The van der Waals surface area contributed by atoms with Gasteiger partial charge in [0, 0.05) is 12.0 Å². The van der Waals surface area contributed by atoms with Crippen molar-refractivity contribution in [1.29, 1.82) is 0 Å². The summed E-state index contributed by atoms with van der Waals surface area (Å²) in [6, 6.07) is 6.92. The van der Waals surface area contributed by atoms with Crippen molar-refractivity contribution in [1.82, 2.24) is 5.32 Å². The fourth-order valence-corrected chi connectivity index (χ4v) is 1.87. The van der Waals surface area contributed by atoms with Crippen LogP contribution in [-0.4, -0.2) is 24.5 Å². The molecule has 4 heteroatoms. The van der Waals surface area contributed by atoms with Crippen molar-refractivity contribution in [3.63, 3.8) is 0 Å². The van der Waals surface area contributed by atoms with Crippen molar-refractivity contribution in [2.45, 2.75) is 19.4 Å². The maximum absolute atomic E-state index is 11.9. The molecule has 84 valence electrons. The molecular formula is C12H13NO3. The number of hydrogen-bond acceptors (Lipinski definition) is 3. The molecule has 1 aromatic rings. The van der Waals surface area contributed by atoms with Crippen LogP contribution in [0.25, 0.3) is 0 Å². The molecule has 1 amide bonds. The predicted octanol–water partition coefficient (Wildman–Crippen LogP) is 1.54. The van der Waals surface area contributed by atoms with Gasteiger partial charge >= 0.3 is 6.09 Å². The number of fused-ring (bicyclic) bond motifs is 1. The predicted molar refractivity (Wildman–Crippen MR) is 58.4 cm³/mol. The van der Waals surface area contributed by atoms with Crippen LogP contribution in [0.15, 0.2) is 24.3 Å². The van der Waals surface area contributed by atoms with Gasteiger partial charge in [0.25, 0.3) is 0 Å². The van der Waals surface area contributed by atoms with E-state index in [0.29, 0.717) is 18.6 Å². The van der Waals surface area contributed by atoms with Crippen LogP contribution in [-0.2, 0) is 11.2 Å². The minimum Gasteiger partial charge on any atom is -0.450 e. The minimum absolute atomic E-state index is 0.0383. The molecule has 1 atom stereocenters. The van der Waals surface area contributed by atoms with Crippen LogP contribution in [0.4, 0.5) is 4.79 Å². The van der Waals surface area contributed by atoms with Gasteiger partial charge in [-0.1, -0.05) is 24.3 Å². The molecule has 0 bridgehead atoms. The van der Waals surface area contributed by atoms with Gasteiger partial charge in [-0.05, 0) is 12.5 Å². The van der Waals surface area contributed by atoms with Crippen LogP contribution >= 0.6 is 0 Å². The standard InChI is InChI=1S/C12H13NO3/c1-2-16-12(15)13-10-7-8-5-3-4-6-9(8)11(10)14/h3-6,10H,2,7H2,1H3,(H,13,15)/t10-/m0/s1. The van der Waals surface area contributed by atoms with Crippen molar-refractivity contribution in [3.05, 3.63) is 35.4 Å². The average molecular weight is 219 g/mol. The van der Waals surface area contributed by atoms with Gasteiger partial charge < -0.3 is 10.1 Å². The maximum Gasteiger partial charge on any atom is 0.407 e. The van der Waals surface area contributed by atoms with Crippen molar-refractivity contribution < 1.29 is 14.3 Å². The molecule has 1 N–H and O–H groups in total. The van der Waals surface area contributed by atoms with Crippen LogP contribution in [0.2, 0.25) is 0 Å². The second-order valence-electron chi connectivity index (χ2n) is 3.64. The summed E-state index contributed by atoms with van der Waals surface area (Å²) in [4.78, 5) is 23.1. The highest BCUT2D eigenvalue weighted by molar-refractivity contribution is 6.05. The third-order valence-electron chi connectivity index (χ3n) is 2.59. The van der Waals surface area contributed by atoms with E-state index in [-0.39, 0.29) is 5.78 Å². The summed E-state index contributed by atoms with van der Waals surface area (Å²) >= 11 is 0. The molecule has 1 aromatic carbocycles. The normalized spacial score (nSPS) is 18.1. The van der Waals surface area contributed by atoms with E-state index in [4.69, 9.17) is 4.74 Å². The van der Waals surface area contributed by atoms with Crippen LogP contribution < -0.4 is 5.32 Å². The molecule has 0 saturated carbocycles. The highest BCUT2D eigenvalue weighted by atomic mass is 16.5. The van der Waals surface area contributed by atoms with E-state index in [2.05, 4.69) is 5.32 Å². The molecule has 16 heavy (non-hydrogen) atoms. The Morgan fingerprint density at radius 1 is 1.50 bits per heavy atom. The first-order chi connectivity index (χ1) is 7.72. The van der Waals surface area contributed by atoms with Crippen molar-refractivity contribution in [2.24, 2.45) is 0 Å². The molecule has 0 heterocycles. The summed E-state index contributed by atoms with van der Waals surface area (Å²) in [7, 11) is 0. The Hall–Kier alpha value is -1.84. The Morgan fingerprint density at radius 3 is 2.94 bits per heavy atom. The highest BCUT2D eigenvalue weighted by Crippen LogP contribution is 2.21. The number of ether oxygens (including phenoxy) is 1. The van der Waals surface area contributed by atoms with Gasteiger partial charge in [-0.3, -0.25) is 4.79 Å².